The molecule has 1 nitrogen and oxygen atoms in total. The largest absolute Gasteiger partial charge is 0.384 e. The molecule has 2 atom stereocenters. The van der Waals surface area contributed by atoms with Crippen molar-refractivity contribution in [1.82, 2.24) is 0 Å². The Morgan fingerprint density at radius 2 is 2.13 bits per heavy atom. The highest BCUT2D eigenvalue weighted by Crippen LogP contribution is 2.54. The van der Waals surface area contributed by atoms with Gasteiger partial charge in [-0.2, -0.15) is 0 Å². The van der Waals surface area contributed by atoms with Crippen LogP contribution in [-0.2, 0) is 5.60 Å². The van der Waals surface area contributed by atoms with Gasteiger partial charge in [0.15, 0.2) is 0 Å². The molecule has 0 radical (unpaired) electrons. The SMILES string of the molecule is Cc1ccsc1C1(O)CC(C)(C)CC1C. The topological polar surface area (TPSA) is 20.2 Å². The molecule has 1 heterocycles. The first-order valence-electron chi connectivity index (χ1n) is 5.62. The molecule has 1 fully saturated rings. The summed E-state index contributed by atoms with van der Waals surface area (Å²) in [5.74, 6) is 0.366. The van der Waals surface area contributed by atoms with E-state index in [0.717, 1.165) is 12.8 Å². The van der Waals surface area contributed by atoms with Crippen molar-refractivity contribution in [1.29, 1.82) is 0 Å². The molecule has 0 aliphatic heterocycles. The molecule has 1 N–H and O–H groups in total. The maximum atomic E-state index is 10.8. The van der Waals surface area contributed by atoms with E-state index in [9.17, 15) is 5.11 Å². The summed E-state index contributed by atoms with van der Waals surface area (Å²) in [6, 6.07) is 2.11. The quantitative estimate of drug-likeness (QED) is 0.771. The van der Waals surface area contributed by atoms with Crippen molar-refractivity contribution in [2.45, 2.75) is 46.1 Å². The predicted octanol–water partition coefficient (Wildman–Crippen LogP) is 3.70. The minimum absolute atomic E-state index is 0.268. The van der Waals surface area contributed by atoms with Crippen molar-refractivity contribution in [3.8, 4) is 0 Å². The molecule has 1 aliphatic carbocycles. The third-order valence-corrected chi connectivity index (χ3v) is 4.86. The first-order valence-corrected chi connectivity index (χ1v) is 6.50. The fraction of sp³-hybridized carbons (Fsp3) is 0.692. The van der Waals surface area contributed by atoms with Crippen LogP contribution in [0.2, 0.25) is 0 Å². The summed E-state index contributed by atoms with van der Waals surface area (Å²) in [5, 5.41) is 12.9. The number of aryl methyl sites for hydroxylation is 1. The van der Waals surface area contributed by atoms with Crippen molar-refractivity contribution in [2.75, 3.05) is 0 Å². The fourth-order valence-corrected chi connectivity index (χ4v) is 4.23. The number of aliphatic hydroxyl groups is 1. The van der Waals surface area contributed by atoms with Crippen molar-refractivity contribution in [3.63, 3.8) is 0 Å². The highest BCUT2D eigenvalue weighted by molar-refractivity contribution is 7.10. The second-order valence-corrected chi connectivity index (χ2v) is 6.72. The van der Waals surface area contributed by atoms with Crippen LogP contribution in [0.5, 0.6) is 0 Å². The fourth-order valence-electron chi connectivity index (χ4n) is 3.09. The highest BCUT2D eigenvalue weighted by atomic mass is 32.1. The molecule has 2 heteroatoms. The number of rotatable bonds is 1. The molecule has 2 rings (SSSR count). The van der Waals surface area contributed by atoms with E-state index >= 15 is 0 Å². The molecule has 15 heavy (non-hydrogen) atoms. The maximum Gasteiger partial charge on any atom is 0.102 e. The third kappa shape index (κ3) is 1.74. The van der Waals surface area contributed by atoms with Gasteiger partial charge in [0.25, 0.3) is 0 Å². The highest BCUT2D eigenvalue weighted by Gasteiger charge is 2.49. The minimum Gasteiger partial charge on any atom is -0.384 e. The molecular formula is C13H20OS. The summed E-state index contributed by atoms with van der Waals surface area (Å²) in [5.41, 5.74) is 0.929. The summed E-state index contributed by atoms with van der Waals surface area (Å²) in [6.45, 7) is 8.78. The standard InChI is InChI=1S/C13H20OS/c1-9-5-6-15-11(9)13(14)8-12(3,4)7-10(13)2/h5-6,10,14H,7-8H2,1-4H3. The van der Waals surface area contributed by atoms with Crippen LogP contribution in [0.15, 0.2) is 11.4 Å². The molecule has 84 valence electrons. The van der Waals surface area contributed by atoms with Gasteiger partial charge in [-0.05, 0) is 48.1 Å². The van der Waals surface area contributed by atoms with E-state index in [4.69, 9.17) is 0 Å². The monoisotopic (exact) mass is 224 g/mol. The molecule has 1 aromatic heterocycles. The Kier molecular flexibility index (Phi) is 2.47. The van der Waals surface area contributed by atoms with E-state index in [1.54, 1.807) is 11.3 Å². The lowest BCUT2D eigenvalue weighted by Gasteiger charge is -2.28. The average Bonchev–Trinajstić information content (AvgIpc) is 2.56. The van der Waals surface area contributed by atoms with E-state index in [-0.39, 0.29) is 5.41 Å². The van der Waals surface area contributed by atoms with E-state index in [1.165, 1.54) is 10.4 Å². The summed E-state index contributed by atoms with van der Waals surface area (Å²) < 4.78 is 0. The lowest BCUT2D eigenvalue weighted by Crippen LogP contribution is -2.28. The van der Waals surface area contributed by atoms with Gasteiger partial charge in [0, 0.05) is 4.88 Å². The van der Waals surface area contributed by atoms with Crippen molar-refractivity contribution in [3.05, 3.63) is 21.9 Å². The lowest BCUT2D eigenvalue weighted by molar-refractivity contribution is 0.00222. The molecule has 0 amide bonds. The maximum absolute atomic E-state index is 10.8. The van der Waals surface area contributed by atoms with Crippen LogP contribution in [0, 0.1) is 18.3 Å². The number of hydrogen-bond acceptors (Lipinski definition) is 2. The van der Waals surface area contributed by atoms with Gasteiger partial charge in [-0.3, -0.25) is 0 Å². The summed E-state index contributed by atoms with van der Waals surface area (Å²) in [6.07, 6.45) is 2.00. The van der Waals surface area contributed by atoms with Gasteiger partial charge in [0.05, 0.1) is 0 Å². The first-order chi connectivity index (χ1) is 6.85. The van der Waals surface area contributed by atoms with Gasteiger partial charge in [-0.15, -0.1) is 11.3 Å². The van der Waals surface area contributed by atoms with Gasteiger partial charge >= 0.3 is 0 Å². The zero-order valence-electron chi connectivity index (χ0n) is 10.0. The molecule has 0 saturated heterocycles. The summed E-state index contributed by atoms with van der Waals surface area (Å²) >= 11 is 1.70. The van der Waals surface area contributed by atoms with Crippen molar-refractivity contribution in [2.24, 2.45) is 11.3 Å². The van der Waals surface area contributed by atoms with Gasteiger partial charge < -0.3 is 5.11 Å². The minimum atomic E-state index is -0.582. The molecule has 1 aliphatic rings. The Bertz CT molecular complexity index is 366. The smallest absolute Gasteiger partial charge is 0.102 e. The van der Waals surface area contributed by atoms with Gasteiger partial charge in [0.1, 0.15) is 5.60 Å². The van der Waals surface area contributed by atoms with Crippen LogP contribution in [0.4, 0.5) is 0 Å². The Balaban J connectivity index is 2.40. The second kappa shape index (κ2) is 3.33. The molecular weight excluding hydrogens is 204 g/mol. The van der Waals surface area contributed by atoms with E-state index in [2.05, 4.69) is 39.1 Å². The Hall–Kier alpha value is -0.340. The van der Waals surface area contributed by atoms with Crippen LogP contribution in [0.3, 0.4) is 0 Å². The van der Waals surface area contributed by atoms with E-state index < -0.39 is 5.60 Å². The van der Waals surface area contributed by atoms with E-state index in [1.807, 2.05) is 0 Å². The Morgan fingerprint density at radius 1 is 1.47 bits per heavy atom. The lowest BCUT2D eigenvalue weighted by atomic mass is 9.87. The molecule has 1 saturated carbocycles. The van der Waals surface area contributed by atoms with Crippen LogP contribution in [0.1, 0.15) is 44.1 Å². The number of hydrogen-bond donors (Lipinski definition) is 1. The third-order valence-electron chi connectivity index (χ3n) is 3.68. The van der Waals surface area contributed by atoms with E-state index in [0.29, 0.717) is 5.92 Å². The van der Waals surface area contributed by atoms with Crippen molar-refractivity contribution >= 4 is 11.3 Å². The zero-order valence-corrected chi connectivity index (χ0v) is 10.8. The number of thiophene rings is 1. The van der Waals surface area contributed by atoms with Crippen molar-refractivity contribution < 1.29 is 5.11 Å². The molecule has 0 spiro atoms. The molecule has 0 bridgehead atoms. The van der Waals surface area contributed by atoms with Gasteiger partial charge in [0.2, 0.25) is 0 Å². The summed E-state index contributed by atoms with van der Waals surface area (Å²) in [4.78, 5) is 1.18. The first kappa shape index (κ1) is 11.2. The average molecular weight is 224 g/mol. The molecule has 0 aromatic carbocycles. The van der Waals surface area contributed by atoms with Crippen LogP contribution in [-0.4, -0.2) is 5.11 Å². The van der Waals surface area contributed by atoms with Crippen LogP contribution >= 0.6 is 11.3 Å². The normalized spacial score (nSPS) is 34.6. The Morgan fingerprint density at radius 3 is 2.53 bits per heavy atom. The summed E-state index contributed by atoms with van der Waals surface area (Å²) in [7, 11) is 0. The van der Waals surface area contributed by atoms with Gasteiger partial charge in [-0.1, -0.05) is 20.8 Å². The molecule has 1 aromatic rings. The second-order valence-electron chi connectivity index (χ2n) is 5.80. The van der Waals surface area contributed by atoms with Crippen LogP contribution < -0.4 is 0 Å². The Labute approximate surface area is 96.1 Å². The van der Waals surface area contributed by atoms with Gasteiger partial charge in [-0.25, -0.2) is 0 Å². The van der Waals surface area contributed by atoms with Crippen LogP contribution in [0.25, 0.3) is 0 Å². The predicted molar refractivity (Wildman–Crippen MR) is 65.1 cm³/mol. The molecule has 2 unspecified atom stereocenters. The zero-order chi connectivity index (χ0) is 11.3.